The standard InChI is InChI=1S/C11H11ClN2O/c1-2-14-7-10(12)11(13-14)8-3-5-9(15)6-4-8/h3-7,15H,2H2,1H3. The maximum atomic E-state index is 9.17. The first-order chi connectivity index (χ1) is 7.20. The Kier molecular flexibility index (Phi) is 2.64. The van der Waals surface area contributed by atoms with Crippen LogP contribution in [0.15, 0.2) is 30.5 Å². The summed E-state index contributed by atoms with van der Waals surface area (Å²) in [6, 6.07) is 6.83. The number of aromatic hydroxyl groups is 1. The van der Waals surface area contributed by atoms with E-state index in [1.807, 2.05) is 6.92 Å². The number of halogens is 1. The van der Waals surface area contributed by atoms with Crippen LogP contribution >= 0.6 is 11.6 Å². The number of hydrogen-bond donors (Lipinski definition) is 1. The average Bonchev–Trinajstić information content (AvgIpc) is 2.61. The van der Waals surface area contributed by atoms with Crippen molar-refractivity contribution >= 4 is 11.6 Å². The average molecular weight is 223 g/mol. The smallest absolute Gasteiger partial charge is 0.115 e. The maximum Gasteiger partial charge on any atom is 0.115 e. The van der Waals surface area contributed by atoms with Gasteiger partial charge in [0.05, 0.1) is 5.02 Å². The Morgan fingerprint density at radius 3 is 2.53 bits per heavy atom. The van der Waals surface area contributed by atoms with Gasteiger partial charge in [-0.3, -0.25) is 4.68 Å². The lowest BCUT2D eigenvalue weighted by Crippen LogP contribution is -1.93. The first kappa shape index (κ1) is 10.1. The van der Waals surface area contributed by atoms with Crippen molar-refractivity contribution in [3.8, 4) is 17.0 Å². The summed E-state index contributed by atoms with van der Waals surface area (Å²) in [5.74, 6) is 0.241. The number of nitrogens with zero attached hydrogens (tertiary/aromatic N) is 2. The predicted octanol–water partition coefficient (Wildman–Crippen LogP) is 2.93. The zero-order chi connectivity index (χ0) is 10.8. The van der Waals surface area contributed by atoms with E-state index < -0.39 is 0 Å². The molecular formula is C11H11ClN2O. The highest BCUT2D eigenvalue weighted by Gasteiger charge is 2.08. The molecule has 3 nitrogen and oxygen atoms in total. The van der Waals surface area contributed by atoms with Gasteiger partial charge in [0.15, 0.2) is 0 Å². The number of hydrogen-bond acceptors (Lipinski definition) is 2. The molecule has 0 fully saturated rings. The largest absolute Gasteiger partial charge is 0.508 e. The Bertz CT molecular complexity index is 462. The molecule has 78 valence electrons. The minimum atomic E-state index is 0.241. The zero-order valence-corrected chi connectivity index (χ0v) is 9.07. The number of rotatable bonds is 2. The van der Waals surface area contributed by atoms with E-state index >= 15 is 0 Å². The third-order valence-corrected chi connectivity index (χ3v) is 2.46. The first-order valence-corrected chi connectivity index (χ1v) is 5.11. The number of phenolic OH excluding ortho intramolecular Hbond substituents is 1. The highest BCUT2D eigenvalue weighted by atomic mass is 35.5. The molecule has 0 saturated heterocycles. The first-order valence-electron chi connectivity index (χ1n) is 4.73. The van der Waals surface area contributed by atoms with Crippen molar-refractivity contribution in [3.05, 3.63) is 35.5 Å². The van der Waals surface area contributed by atoms with Gasteiger partial charge in [0.1, 0.15) is 11.4 Å². The summed E-state index contributed by atoms with van der Waals surface area (Å²) in [5.41, 5.74) is 1.66. The quantitative estimate of drug-likeness (QED) is 0.849. The van der Waals surface area contributed by atoms with Gasteiger partial charge in [-0.25, -0.2) is 0 Å². The molecule has 1 aromatic heterocycles. The molecule has 4 heteroatoms. The molecule has 0 aliphatic rings. The van der Waals surface area contributed by atoms with Crippen LogP contribution in [0.3, 0.4) is 0 Å². The van der Waals surface area contributed by atoms with Gasteiger partial charge in [-0.15, -0.1) is 0 Å². The molecule has 0 aliphatic carbocycles. The fraction of sp³-hybridized carbons (Fsp3) is 0.182. The minimum absolute atomic E-state index is 0.241. The lowest BCUT2D eigenvalue weighted by molar-refractivity contribution is 0.475. The molecule has 0 bridgehead atoms. The number of aryl methyl sites for hydroxylation is 1. The number of aromatic nitrogens is 2. The maximum absolute atomic E-state index is 9.17. The van der Waals surface area contributed by atoms with Crippen molar-refractivity contribution < 1.29 is 5.11 Å². The molecule has 1 heterocycles. The highest BCUT2D eigenvalue weighted by Crippen LogP contribution is 2.27. The Hall–Kier alpha value is -1.48. The molecule has 0 amide bonds. The van der Waals surface area contributed by atoms with Gasteiger partial charge < -0.3 is 5.11 Å². The van der Waals surface area contributed by atoms with E-state index in [1.165, 1.54) is 0 Å². The van der Waals surface area contributed by atoms with E-state index in [-0.39, 0.29) is 5.75 Å². The van der Waals surface area contributed by atoms with E-state index in [0.29, 0.717) is 5.02 Å². The minimum Gasteiger partial charge on any atom is -0.508 e. The lowest BCUT2D eigenvalue weighted by Gasteiger charge is -1.97. The van der Waals surface area contributed by atoms with Crippen molar-refractivity contribution in [2.45, 2.75) is 13.5 Å². The van der Waals surface area contributed by atoms with Crippen LogP contribution < -0.4 is 0 Å². The number of phenols is 1. The molecule has 2 rings (SSSR count). The molecule has 15 heavy (non-hydrogen) atoms. The van der Waals surface area contributed by atoms with E-state index in [4.69, 9.17) is 16.7 Å². The van der Waals surface area contributed by atoms with Gasteiger partial charge in [0.2, 0.25) is 0 Å². The van der Waals surface area contributed by atoms with E-state index in [2.05, 4.69) is 5.10 Å². The Morgan fingerprint density at radius 2 is 2.00 bits per heavy atom. The molecule has 1 aromatic carbocycles. The lowest BCUT2D eigenvalue weighted by atomic mass is 10.1. The van der Waals surface area contributed by atoms with Crippen molar-refractivity contribution in [1.82, 2.24) is 9.78 Å². The van der Waals surface area contributed by atoms with Gasteiger partial charge >= 0.3 is 0 Å². The summed E-state index contributed by atoms with van der Waals surface area (Å²) >= 11 is 6.05. The summed E-state index contributed by atoms with van der Waals surface area (Å²) < 4.78 is 1.78. The zero-order valence-electron chi connectivity index (χ0n) is 8.31. The van der Waals surface area contributed by atoms with E-state index in [0.717, 1.165) is 17.8 Å². The summed E-state index contributed by atoms with van der Waals surface area (Å²) in [6.07, 6.45) is 1.80. The molecular weight excluding hydrogens is 212 g/mol. The second kappa shape index (κ2) is 3.95. The molecule has 0 saturated carbocycles. The predicted molar refractivity (Wildman–Crippen MR) is 60.0 cm³/mol. The Labute approximate surface area is 92.9 Å². The van der Waals surface area contributed by atoms with E-state index in [1.54, 1.807) is 35.1 Å². The normalized spacial score (nSPS) is 10.5. The van der Waals surface area contributed by atoms with Crippen LogP contribution in [0.25, 0.3) is 11.3 Å². The molecule has 2 aromatic rings. The van der Waals surface area contributed by atoms with Crippen LogP contribution in [0.1, 0.15) is 6.92 Å². The molecule has 0 spiro atoms. The van der Waals surface area contributed by atoms with Gasteiger partial charge in [-0.1, -0.05) is 11.6 Å². The molecule has 0 radical (unpaired) electrons. The molecule has 0 aliphatic heterocycles. The fourth-order valence-electron chi connectivity index (χ4n) is 1.37. The second-order valence-electron chi connectivity index (χ2n) is 3.23. The third kappa shape index (κ3) is 1.97. The van der Waals surface area contributed by atoms with Crippen LogP contribution in [-0.2, 0) is 6.54 Å². The topological polar surface area (TPSA) is 38.0 Å². The second-order valence-corrected chi connectivity index (χ2v) is 3.64. The van der Waals surface area contributed by atoms with E-state index in [9.17, 15) is 0 Å². The van der Waals surface area contributed by atoms with Crippen LogP contribution in [0.5, 0.6) is 5.75 Å². The van der Waals surface area contributed by atoms with Crippen LogP contribution in [0.2, 0.25) is 5.02 Å². The summed E-state index contributed by atoms with van der Waals surface area (Å²) in [7, 11) is 0. The van der Waals surface area contributed by atoms with Crippen molar-refractivity contribution in [1.29, 1.82) is 0 Å². The van der Waals surface area contributed by atoms with Gasteiger partial charge in [-0.05, 0) is 31.2 Å². The Morgan fingerprint density at radius 1 is 1.33 bits per heavy atom. The van der Waals surface area contributed by atoms with Crippen LogP contribution in [0.4, 0.5) is 0 Å². The molecule has 0 unspecified atom stereocenters. The third-order valence-electron chi connectivity index (χ3n) is 2.18. The monoisotopic (exact) mass is 222 g/mol. The summed E-state index contributed by atoms with van der Waals surface area (Å²) in [4.78, 5) is 0. The van der Waals surface area contributed by atoms with Crippen molar-refractivity contribution in [2.24, 2.45) is 0 Å². The summed E-state index contributed by atoms with van der Waals surface area (Å²) in [5, 5.41) is 14.1. The SMILES string of the molecule is CCn1cc(Cl)c(-c2ccc(O)cc2)n1. The molecule has 0 atom stereocenters. The van der Waals surface area contributed by atoms with Gasteiger partial charge in [0.25, 0.3) is 0 Å². The Balaban J connectivity index is 2.44. The highest BCUT2D eigenvalue weighted by molar-refractivity contribution is 6.33. The summed E-state index contributed by atoms with van der Waals surface area (Å²) in [6.45, 7) is 2.79. The van der Waals surface area contributed by atoms with Gasteiger partial charge in [-0.2, -0.15) is 5.10 Å². The van der Waals surface area contributed by atoms with Crippen molar-refractivity contribution in [3.63, 3.8) is 0 Å². The van der Waals surface area contributed by atoms with Crippen molar-refractivity contribution in [2.75, 3.05) is 0 Å². The number of benzene rings is 1. The van der Waals surface area contributed by atoms with Crippen LogP contribution in [0, 0.1) is 0 Å². The van der Waals surface area contributed by atoms with Crippen LogP contribution in [-0.4, -0.2) is 14.9 Å². The van der Waals surface area contributed by atoms with Gasteiger partial charge in [0, 0.05) is 18.3 Å². The fourth-order valence-corrected chi connectivity index (χ4v) is 1.63. The molecule has 1 N–H and O–H groups in total.